The average molecular weight is 373 g/mol. The van der Waals surface area contributed by atoms with Gasteiger partial charge in [0.15, 0.2) is 5.96 Å². The second-order valence-corrected chi connectivity index (χ2v) is 6.20. The molecular weight excluding hydrogens is 342 g/mol. The Morgan fingerprint density at radius 3 is 2.08 bits per heavy atom. The van der Waals surface area contributed by atoms with Crippen LogP contribution in [0, 0.1) is 5.92 Å². The highest BCUT2D eigenvalue weighted by atomic mass is 16.6. The number of hydrogen-bond acceptors (Lipinski definition) is 4. The topological polar surface area (TPSA) is 180 Å². The van der Waals surface area contributed by atoms with Crippen molar-refractivity contribution in [2.75, 3.05) is 0 Å². The van der Waals surface area contributed by atoms with Crippen LogP contribution in [-0.4, -0.2) is 52.3 Å². The first kappa shape index (κ1) is 23.5. The van der Waals surface area contributed by atoms with Gasteiger partial charge in [0.05, 0.1) is 6.04 Å². The summed E-state index contributed by atoms with van der Waals surface area (Å²) >= 11 is 0. The van der Waals surface area contributed by atoms with Crippen LogP contribution in [-0.2, 0) is 9.59 Å². The number of aliphatic imine (C=N–C) groups is 1. The van der Waals surface area contributed by atoms with Crippen molar-refractivity contribution in [3.05, 3.63) is 0 Å². The first-order valence-electron chi connectivity index (χ1n) is 8.70. The van der Waals surface area contributed by atoms with Crippen LogP contribution in [0.2, 0.25) is 0 Å². The Balaban J connectivity index is 0.00000141. The zero-order chi connectivity index (χ0) is 20.3. The smallest absolute Gasteiger partial charge is 0.450 e. The molecule has 10 heteroatoms. The molecule has 1 unspecified atom stereocenters. The third-order valence-corrected chi connectivity index (χ3v) is 4.25. The van der Waals surface area contributed by atoms with Gasteiger partial charge in [0.1, 0.15) is 6.04 Å². The molecule has 1 aliphatic carbocycles. The van der Waals surface area contributed by atoms with Crippen molar-refractivity contribution in [1.82, 2.24) is 10.6 Å². The Morgan fingerprint density at radius 2 is 1.65 bits per heavy atom. The Labute approximate surface area is 153 Å². The van der Waals surface area contributed by atoms with Crippen LogP contribution in [0.25, 0.3) is 0 Å². The fraction of sp³-hybridized carbons (Fsp3) is 0.750. The van der Waals surface area contributed by atoms with Crippen LogP contribution in [0.1, 0.15) is 52.9 Å². The minimum Gasteiger partial charge on any atom is -0.450 e. The van der Waals surface area contributed by atoms with E-state index in [0.29, 0.717) is 0 Å². The first-order valence-corrected chi connectivity index (χ1v) is 8.70. The van der Waals surface area contributed by atoms with Crippen molar-refractivity contribution in [3.8, 4) is 0 Å². The molecule has 1 rings (SSSR count). The third-order valence-electron chi connectivity index (χ3n) is 4.25. The number of carboxylic acid groups (broad SMARTS) is 2. The molecule has 1 fully saturated rings. The minimum absolute atomic E-state index is 0.0267. The van der Waals surface area contributed by atoms with E-state index in [2.05, 4.69) is 15.6 Å². The van der Waals surface area contributed by atoms with Gasteiger partial charge in [-0.05, 0) is 25.7 Å². The number of nitrogens with zero attached hydrogens (tertiary/aromatic N) is 1. The summed E-state index contributed by atoms with van der Waals surface area (Å²) in [6.07, 6.45) is 2.48. The lowest BCUT2D eigenvalue weighted by molar-refractivity contribution is -0.130. The summed E-state index contributed by atoms with van der Waals surface area (Å²) in [7, 11) is 0. The normalized spacial score (nSPS) is 19.7. The largest absolute Gasteiger partial charge is 0.503 e. The zero-order valence-corrected chi connectivity index (χ0v) is 15.6. The summed E-state index contributed by atoms with van der Waals surface area (Å²) in [5.41, 5.74) is 11.0. The number of hydrogen-bond donors (Lipinski definition) is 6. The van der Waals surface area contributed by atoms with Crippen molar-refractivity contribution in [3.63, 3.8) is 0 Å². The van der Waals surface area contributed by atoms with E-state index in [0.717, 1.165) is 32.1 Å². The lowest BCUT2D eigenvalue weighted by Crippen LogP contribution is -2.54. The van der Waals surface area contributed by atoms with E-state index in [9.17, 15) is 9.59 Å². The Kier molecular flexibility index (Phi) is 10.8. The Morgan fingerprint density at radius 1 is 1.12 bits per heavy atom. The molecule has 0 spiro atoms. The van der Waals surface area contributed by atoms with Gasteiger partial charge in [-0.3, -0.25) is 9.59 Å². The molecule has 0 heterocycles. The number of rotatable bonds is 7. The van der Waals surface area contributed by atoms with Crippen LogP contribution in [0.15, 0.2) is 4.99 Å². The van der Waals surface area contributed by atoms with Gasteiger partial charge >= 0.3 is 6.16 Å². The Hall–Kier alpha value is -2.52. The van der Waals surface area contributed by atoms with Crippen molar-refractivity contribution in [2.24, 2.45) is 22.4 Å². The highest BCUT2D eigenvalue weighted by molar-refractivity contribution is 5.87. The van der Waals surface area contributed by atoms with E-state index >= 15 is 0 Å². The van der Waals surface area contributed by atoms with E-state index in [1.165, 1.54) is 6.92 Å². The van der Waals surface area contributed by atoms with Crippen molar-refractivity contribution in [2.45, 2.75) is 71.0 Å². The SMILES string of the molecule is CCC(CC)NC(=O)C(NC(C)=O)[C@@H]1CCC[C@H]1N=C(N)N.O=C(O)O. The fourth-order valence-corrected chi connectivity index (χ4v) is 3.08. The van der Waals surface area contributed by atoms with Gasteiger partial charge < -0.3 is 32.3 Å². The van der Waals surface area contributed by atoms with Gasteiger partial charge in [-0.15, -0.1) is 0 Å². The third kappa shape index (κ3) is 9.09. The van der Waals surface area contributed by atoms with Gasteiger partial charge in [0, 0.05) is 18.9 Å². The summed E-state index contributed by atoms with van der Waals surface area (Å²) < 4.78 is 0. The minimum atomic E-state index is -1.83. The average Bonchev–Trinajstić information content (AvgIpc) is 2.96. The van der Waals surface area contributed by atoms with E-state index in [-0.39, 0.29) is 35.8 Å². The molecule has 26 heavy (non-hydrogen) atoms. The van der Waals surface area contributed by atoms with E-state index in [1.54, 1.807) is 0 Å². The highest BCUT2D eigenvalue weighted by Gasteiger charge is 2.38. The summed E-state index contributed by atoms with van der Waals surface area (Å²) in [6.45, 7) is 5.47. The van der Waals surface area contributed by atoms with E-state index in [4.69, 9.17) is 26.5 Å². The van der Waals surface area contributed by atoms with Crippen LogP contribution in [0.5, 0.6) is 0 Å². The van der Waals surface area contributed by atoms with Gasteiger partial charge in [0.25, 0.3) is 0 Å². The molecule has 150 valence electrons. The van der Waals surface area contributed by atoms with Crippen molar-refractivity contribution < 1.29 is 24.6 Å². The summed E-state index contributed by atoms with van der Waals surface area (Å²) in [5, 5.41) is 19.7. The maximum absolute atomic E-state index is 12.6. The maximum Gasteiger partial charge on any atom is 0.503 e. The number of guanidine groups is 1. The zero-order valence-electron chi connectivity index (χ0n) is 15.6. The molecule has 3 atom stereocenters. The molecular formula is C16H31N5O5. The van der Waals surface area contributed by atoms with Crippen molar-refractivity contribution in [1.29, 1.82) is 0 Å². The monoisotopic (exact) mass is 373 g/mol. The predicted molar refractivity (Wildman–Crippen MR) is 97.7 cm³/mol. The molecule has 0 aromatic rings. The molecule has 10 nitrogen and oxygen atoms in total. The van der Waals surface area contributed by atoms with Crippen LogP contribution >= 0.6 is 0 Å². The molecule has 0 saturated heterocycles. The number of amides is 2. The van der Waals surface area contributed by atoms with E-state index in [1.807, 2.05) is 13.8 Å². The molecule has 1 aliphatic rings. The number of nitrogens with one attached hydrogen (secondary N) is 2. The van der Waals surface area contributed by atoms with Gasteiger partial charge in [-0.2, -0.15) is 0 Å². The predicted octanol–water partition coefficient (Wildman–Crippen LogP) is 0.460. The second-order valence-electron chi connectivity index (χ2n) is 6.20. The molecule has 0 aromatic carbocycles. The lowest BCUT2D eigenvalue weighted by Gasteiger charge is -2.28. The van der Waals surface area contributed by atoms with Crippen molar-refractivity contribution >= 4 is 23.9 Å². The number of nitrogens with two attached hydrogens (primary N) is 2. The fourth-order valence-electron chi connectivity index (χ4n) is 3.08. The maximum atomic E-state index is 12.6. The highest BCUT2D eigenvalue weighted by Crippen LogP contribution is 2.31. The lowest BCUT2D eigenvalue weighted by atomic mass is 9.93. The molecule has 0 aliphatic heterocycles. The number of carbonyl (C=O) groups is 3. The summed E-state index contributed by atoms with van der Waals surface area (Å²) in [6, 6.07) is -0.588. The summed E-state index contributed by atoms with van der Waals surface area (Å²) in [5.74, 6) is -0.411. The Bertz CT molecular complexity index is 499. The molecule has 8 N–H and O–H groups in total. The molecule has 2 amide bonds. The quantitative estimate of drug-likeness (QED) is 0.277. The first-order chi connectivity index (χ1) is 12.1. The molecule has 0 radical (unpaired) electrons. The number of carbonyl (C=O) groups excluding carboxylic acids is 2. The second kappa shape index (κ2) is 11.9. The molecule has 0 bridgehead atoms. The van der Waals surface area contributed by atoms with Crippen LogP contribution < -0.4 is 22.1 Å². The van der Waals surface area contributed by atoms with Gasteiger partial charge in [-0.25, -0.2) is 9.79 Å². The van der Waals surface area contributed by atoms with Crippen LogP contribution in [0.4, 0.5) is 4.79 Å². The standard InChI is InChI=1S/C15H29N5O2.CH2O3/c1-4-10(5-2)19-14(22)13(18-9(3)21)11-7-6-8-12(11)20-15(16)17;2-1(3)4/h10-13H,4-8H2,1-3H3,(H,18,21)(H,19,22)(H4,16,17,20);(H2,2,3,4)/t11-,12-,13?;/m1./s1. The van der Waals surface area contributed by atoms with Gasteiger partial charge in [-0.1, -0.05) is 20.3 Å². The van der Waals surface area contributed by atoms with Gasteiger partial charge in [0.2, 0.25) is 11.8 Å². The summed E-state index contributed by atoms with van der Waals surface area (Å²) in [4.78, 5) is 36.9. The molecule has 1 saturated carbocycles. The molecule has 0 aromatic heterocycles. The van der Waals surface area contributed by atoms with E-state index < -0.39 is 12.2 Å². The van der Waals surface area contributed by atoms with Crippen LogP contribution in [0.3, 0.4) is 0 Å².